The minimum absolute atomic E-state index is 0.189. The van der Waals surface area contributed by atoms with Crippen molar-refractivity contribution in [2.75, 3.05) is 26.7 Å². The second-order valence-electron chi connectivity index (χ2n) is 7.38. The number of piperidine rings is 1. The van der Waals surface area contributed by atoms with Crippen LogP contribution in [0.2, 0.25) is 0 Å². The van der Waals surface area contributed by atoms with Crippen molar-refractivity contribution in [1.82, 2.24) is 9.80 Å². The Bertz CT molecular complexity index is 663. The third-order valence-electron chi connectivity index (χ3n) is 5.36. The molecular weight excluding hydrogens is 320 g/mol. The summed E-state index contributed by atoms with van der Waals surface area (Å²) in [6.45, 7) is 3.93. The predicted molar refractivity (Wildman–Crippen MR) is 107 cm³/mol. The fourth-order valence-corrected chi connectivity index (χ4v) is 3.80. The van der Waals surface area contributed by atoms with Crippen LogP contribution in [0.4, 0.5) is 0 Å². The number of carbonyl (C=O) groups excluding carboxylic acids is 1. The zero-order valence-electron chi connectivity index (χ0n) is 15.8. The summed E-state index contributed by atoms with van der Waals surface area (Å²) in [5, 5.41) is 0. The Kier molecular flexibility index (Phi) is 6.84. The first-order chi connectivity index (χ1) is 12.7. The summed E-state index contributed by atoms with van der Waals surface area (Å²) in [5.41, 5.74) is 2.61. The number of nitrogens with zero attached hydrogens (tertiary/aromatic N) is 2. The van der Waals surface area contributed by atoms with Crippen LogP contribution in [0, 0.1) is 5.92 Å². The Morgan fingerprint density at radius 2 is 1.54 bits per heavy atom. The summed E-state index contributed by atoms with van der Waals surface area (Å²) in [6.07, 6.45) is 4.31. The molecule has 0 spiro atoms. The van der Waals surface area contributed by atoms with E-state index in [2.05, 4.69) is 47.4 Å². The Labute approximate surface area is 157 Å². The van der Waals surface area contributed by atoms with Crippen molar-refractivity contribution in [3.8, 4) is 0 Å². The lowest BCUT2D eigenvalue weighted by molar-refractivity contribution is -0.136. The second kappa shape index (κ2) is 9.54. The molecule has 0 radical (unpaired) electrons. The van der Waals surface area contributed by atoms with Gasteiger partial charge in [-0.3, -0.25) is 4.79 Å². The molecule has 0 aliphatic carbocycles. The van der Waals surface area contributed by atoms with Gasteiger partial charge in [0.15, 0.2) is 0 Å². The summed E-state index contributed by atoms with van der Waals surface area (Å²) in [5.74, 6) is 0.492. The fraction of sp³-hybridized carbons (Fsp3) is 0.435. The molecular formula is C23H30N2O. The number of hydrogen-bond donors (Lipinski definition) is 0. The van der Waals surface area contributed by atoms with E-state index in [0.717, 1.165) is 38.9 Å². The van der Waals surface area contributed by atoms with Crippen molar-refractivity contribution in [2.24, 2.45) is 5.92 Å². The topological polar surface area (TPSA) is 23.6 Å². The third kappa shape index (κ3) is 5.43. The van der Waals surface area contributed by atoms with Gasteiger partial charge in [-0.15, -0.1) is 0 Å². The lowest BCUT2D eigenvalue weighted by Crippen LogP contribution is -2.41. The second-order valence-corrected chi connectivity index (χ2v) is 7.38. The number of benzene rings is 2. The highest BCUT2D eigenvalue weighted by atomic mass is 16.2. The standard InChI is InChI=1S/C23H30N2O/c1-24(19-21-11-6-3-7-12-21)23(26)22-14-17-25(18-15-22)16-8-13-20-9-4-2-5-10-20/h2-7,9-12,22H,8,13-19H2,1H3. The van der Waals surface area contributed by atoms with E-state index in [4.69, 9.17) is 0 Å². The first kappa shape index (κ1) is 18.7. The lowest BCUT2D eigenvalue weighted by Gasteiger charge is -2.33. The third-order valence-corrected chi connectivity index (χ3v) is 5.36. The van der Waals surface area contributed by atoms with Gasteiger partial charge in [-0.1, -0.05) is 60.7 Å². The molecule has 1 amide bonds. The van der Waals surface area contributed by atoms with Crippen LogP contribution < -0.4 is 0 Å². The maximum absolute atomic E-state index is 12.7. The Hall–Kier alpha value is -2.13. The summed E-state index contributed by atoms with van der Waals surface area (Å²) in [7, 11) is 1.93. The van der Waals surface area contributed by atoms with E-state index < -0.39 is 0 Å². The fourth-order valence-electron chi connectivity index (χ4n) is 3.80. The van der Waals surface area contributed by atoms with Crippen molar-refractivity contribution < 1.29 is 4.79 Å². The van der Waals surface area contributed by atoms with Gasteiger partial charge in [-0.05, 0) is 56.4 Å². The first-order valence-electron chi connectivity index (χ1n) is 9.77. The zero-order chi connectivity index (χ0) is 18.2. The number of carbonyl (C=O) groups is 1. The first-order valence-corrected chi connectivity index (χ1v) is 9.77. The number of hydrogen-bond acceptors (Lipinski definition) is 2. The van der Waals surface area contributed by atoms with Crippen molar-refractivity contribution in [2.45, 2.75) is 32.2 Å². The maximum Gasteiger partial charge on any atom is 0.225 e. The molecule has 26 heavy (non-hydrogen) atoms. The van der Waals surface area contributed by atoms with Gasteiger partial charge in [0.25, 0.3) is 0 Å². The summed E-state index contributed by atoms with van der Waals surface area (Å²) < 4.78 is 0. The highest BCUT2D eigenvalue weighted by molar-refractivity contribution is 5.78. The van der Waals surface area contributed by atoms with Crippen LogP contribution in [-0.4, -0.2) is 42.4 Å². The molecule has 0 bridgehead atoms. The largest absolute Gasteiger partial charge is 0.341 e. The summed E-state index contributed by atoms with van der Waals surface area (Å²) in [4.78, 5) is 17.1. The molecule has 2 aromatic carbocycles. The molecule has 0 atom stereocenters. The smallest absolute Gasteiger partial charge is 0.225 e. The molecule has 0 aromatic heterocycles. The predicted octanol–water partition coefficient (Wildman–Crippen LogP) is 3.99. The van der Waals surface area contributed by atoms with Crippen LogP contribution in [0.5, 0.6) is 0 Å². The Morgan fingerprint density at radius 3 is 2.15 bits per heavy atom. The average molecular weight is 351 g/mol. The molecule has 1 heterocycles. The molecule has 3 heteroatoms. The van der Waals surface area contributed by atoms with Gasteiger partial charge in [0, 0.05) is 19.5 Å². The molecule has 1 aliphatic heterocycles. The maximum atomic E-state index is 12.7. The highest BCUT2D eigenvalue weighted by Crippen LogP contribution is 2.20. The molecule has 0 unspecified atom stereocenters. The monoisotopic (exact) mass is 350 g/mol. The van der Waals surface area contributed by atoms with Gasteiger partial charge in [0.2, 0.25) is 5.91 Å². The molecule has 2 aromatic rings. The van der Waals surface area contributed by atoms with Gasteiger partial charge in [0.05, 0.1) is 0 Å². The van der Waals surface area contributed by atoms with E-state index in [-0.39, 0.29) is 5.92 Å². The van der Waals surface area contributed by atoms with Crippen molar-refractivity contribution >= 4 is 5.91 Å². The van der Waals surface area contributed by atoms with Crippen LogP contribution >= 0.6 is 0 Å². The molecule has 3 rings (SSSR count). The zero-order valence-corrected chi connectivity index (χ0v) is 15.8. The summed E-state index contributed by atoms with van der Waals surface area (Å²) >= 11 is 0. The lowest BCUT2D eigenvalue weighted by atomic mass is 9.95. The van der Waals surface area contributed by atoms with E-state index >= 15 is 0 Å². The Morgan fingerprint density at radius 1 is 0.962 bits per heavy atom. The quantitative estimate of drug-likeness (QED) is 0.754. The van der Waals surface area contributed by atoms with Crippen molar-refractivity contribution in [1.29, 1.82) is 0 Å². The molecule has 1 saturated heterocycles. The molecule has 1 aliphatic rings. The van der Waals surface area contributed by atoms with Crippen LogP contribution in [-0.2, 0) is 17.8 Å². The number of amides is 1. The summed E-state index contributed by atoms with van der Waals surface area (Å²) in [6, 6.07) is 20.9. The van der Waals surface area contributed by atoms with E-state index in [1.807, 2.05) is 30.1 Å². The van der Waals surface area contributed by atoms with Gasteiger partial charge in [0.1, 0.15) is 0 Å². The van der Waals surface area contributed by atoms with Crippen LogP contribution in [0.3, 0.4) is 0 Å². The minimum Gasteiger partial charge on any atom is -0.341 e. The molecule has 0 N–H and O–H groups in total. The van der Waals surface area contributed by atoms with Gasteiger partial charge in [-0.2, -0.15) is 0 Å². The minimum atomic E-state index is 0.189. The number of rotatable bonds is 7. The van der Waals surface area contributed by atoms with Gasteiger partial charge in [-0.25, -0.2) is 0 Å². The number of likely N-dealkylation sites (tertiary alicyclic amines) is 1. The van der Waals surface area contributed by atoms with Crippen LogP contribution in [0.25, 0.3) is 0 Å². The molecule has 3 nitrogen and oxygen atoms in total. The van der Waals surface area contributed by atoms with Gasteiger partial charge < -0.3 is 9.80 Å². The molecule has 138 valence electrons. The molecule has 1 fully saturated rings. The van der Waals surface area contributed by atoms with Crippen molar-refractivity contribution in [3.63, 3.8) is 0 Å². The van der Waals surface area contributed by atoms with Gasteiger partial charge >= 0.3 is 0 Å². The van der Waals surface area contributed by atoms with Crippen LogP contribution in [0.1, 0.15) is 30.4 Å². The Balaban J connectivity index is 1.38. The van der Waals surface area contributed by atoms with E-state index in [0.29, 0.717) is 12.5 Å². The average Bonchev–Trinajstić information content (AvgIpc) is 2.69. The highest BCUT2D eigenvalue weighted by Gasteiger charge is 2.26. The normalized spacial score (nSPS) is 15.7. The van der Waals surface area contributed by atoms with Crippen LogP contribution in [0.15, 0.2) is 60.7 Å². The van der Waals surface area contributed by atoms with E-state index in [1.165, 1.54) is 17.5 Å². The number of aryl methyl sites for hydroxylation is 1. The molecule has 0 saturated carbocycles. The van der Waals surface area contributed by atoms with E-state index in [1.54, 1.807) is 0 Å². The van der Waals surface area contributed by atoms with Crippen molar-refractivity contribution in [3.05, 3.63) is 71.8 Å². The SMILES string of the molecule is CN(Cc1ccccc1)C(=O)C1CCN(CCCc2ccccc2)CC1. The van der Waals surface area contributed by atoms with E-state index in [9.17, 15) is 4.79 Å².